The van der Waals surface area contributed by atoms with Crippen molar-refractivity contribution in [1.29, 1.82) is 0 Å². The van der Waals surface area contributed by atoms with Crippen molar-refractivity contribution in [2.24, 2.45) is 17.8 Å². The van der Waals surface area contributed by atoms with Gasteiger partial charge in [-0.2, -0.15) is 0 Å². The van der Waals surface area contributed by atoms with Crippen molar-refractivity contribution in [1.82, 2.24) is 0 Å². The molecule has 0 bridgehead atoms. The van der Waals surface area contributed by atoms with Gasteiger partial charge in [-0.05, 0) is 67.8 Å². The van der Waals surface area contributed by atoms with Crippen LogP contribution in [0.15, 0.2) is 42.5 Å². The van der Waals surface area contributed by atoms with E-state index in [1.807, 2.05) is 12.1 Å². The summed E-state index contributed by atoms with van der Waals surface area (Å²) >= 11 is 0. The van der Waals surface area contributed by atoms with Gasteiger partial charge in [0.1, 0.15) is 0 Å². The second kappa shape index (κ2) is 11.1. The maximum absolute atomic E-state index is 12.9. The van der Waals surface area contributed by atoms with E-state index in [2.05, 4.69) is 6.92 Å². The van der Waals surface area contributed by atoms with Crippen LogP contribution in [0.1, 0.15) is 98.5 Å². The highest BCUT2D eigenvalue weighted by atomic mass is 16.6. The molecule has 0 amide bonds. The van der Waals surface area contributed by atoms with Gasteiger partial charge in [0.15, 0.2) is 5.78 Å². The molecule has 0 saturated heterocycles. The Labute approximate surface area is 206 Å². The average molecular weight is 479 g/mol. The molecule has 7 nitrogen and oxygen atoms in total. The van der Waals surface area contributed by atoms with Crippen LogP contribution >= 0.6 is 0 Å². The van der Waals surface area contributed by atoms with Crippen molar-refractivity contribution >= 4 is 17.2 Å². The molecule has 4 rings (SSSR count). The van der Waals surface area contributed by atoms with Gasteiger partial charge < -0.3 is 0 Å². The predicted octanol–water partition coefficient (Wildman–Crippen LogP) is 7.61. The summed E-state index contributed by atoms with van der Waals surface area (Å²) in [6, 6.07) is 10.5. The van der Waals surface area contributed by atoms with E-state index in [1.165, 1.54) is 69.8 Å². The van der Waals surface area contributed by atoms with E-state index >= 15 is 0 Å². The minimum absolute atomic E-state index is 0.0483. The minimum Gasteiger partial charge on any atom is -0.289 e. The molecule has 0 aliphatic heterocycles. The number of hydrogen-bond donors (Lipinski definition) is 0. The van der Waals surface area contributed by atoms with Crippen molar-refractivity contribution in [2.75, 3.05) is 0 Å². The van der Waals surface area contributed by atoms with Gasteiger partial charge in [-0.3, -0.25) is 25.0 Å². The molecule has 0 aromatic heterocycles. The van der Waals surface area contributed by atoms with Gasteiger partial charge >= 0.3 is 0 Å². The first kappa shape index (κ1) is 25.0. The maximum Gasteiger partial charge on any atom is 0.277 e. The van der Waals surface area contributed by atoms with Crippen LogP contribution < -0.4 is 0 Å². The fourth-order valence-electron chi connectivity index (χ4n) is 6.29. The molecule has 2 saturated carbocycles. The molecule has 7 heteroatoms. The zero-order chi connectivity index (χ0) is 24.9. The Kier molecular flexibility index (Phi) is 7.93. The third-order valence-corrected chi connectivity index (χ3v) is 8.26. The summed E-state index contributed by atoms with van der Waals surface area (Å²) in [4.78, 5) is 33.8. The summed E-state index contributed by atoms with van der Waals surface area (Å²) in [5.41, 5.74) is 0.620. The molecule has 35 heavy (non-hydrogen) atoms. The standard InChI is InChI=1S/C28H34N2O5/c1-2-3-19-4-6-20(7-5-19)21-8-10-22(11-9-21)23-12-14-24(15-13-23)28(31)25-16-26(29(32)33)18-27(17-25)30(34)35/h12-22H,2-11H2,1H3. The third-order valence-electron chi connectivity index (χ3n) is 8.26. The Morgan fingerprint density at radius 2 is 1.29 bits per heavy atom. The monoisotopic (exact) mass is 478 g/mol. The minimum atomic E-state index is -0.722. The first-order valence-electron chi connectivity index (χ1n) is 12.9. The topological polar surface area (TPSA) is 103 Å². The van der Waals surface area contributed by atoms with Gasteiger partial charge in [0.25, 0.3) is 11.4 Å². The lowest BCUT2D eigenvalue weighted by molar-refractivity contribution is -0.394. The molecular formula is C28H34N2O5. The second-order valence-corrected chi connectivity index (χ2v) is 10.4. The van der Waals surface area contributed by atoms with Gasteiger partial charge in [0.05, 0.1) is 15.9 Å². The molecule has 2 aromatic carbocycles. The molecule has 2 aliphatic carbocycles. The number of ketones is 1. The normalized spacial score (nSPS) is 24.6. The highest BCUT2D eigenvalue weighted by molar-refractivity contribution is 6.09. The van der Waals surface area contributed by atoms with Gasteiger partial charge in [0, 0.05) is 23.3 Å². The van der Waals surface area contributed by atoms with Crippen molar-refractivity contribution in [2.45, 2.75) is 77.0 Å². The van der Waals surface area contributed by atoms with Crippen molar-refractivity contribution < 1.29 is 14.6 Å². The van der Waals surface area contributed by atoms with Crippen LogP contribution in [-0.2, 0) is 0 Å². The van der Waals surface area contributed by atoms with E-state index in [0.717, 1.165) is 36.0 Å². The Morgan fingerprint density at radius 3 is 1.77 bits per heavy atom. The van der Waals surface area contributed by atoms with Crippen LogP contribution in [0.3, 0.4) is 0 Å². The molecule has 2 aromatic rings. The van der Waals surface area contributed by atoms with Crippen LogP contribution in [0.25, 0.3) is 0 Å². The predicted molar refractivity (Wildman–Crippen MR) is 135 cm³/mol. The van der Waals surface area contributed by atoms with Crippen LogP contribution in [0.4, 0.5) is 11.4 Å². The van der Waals surface area contributed by atoms with E-state index in [1.54, 1.807) is 12.1 Å². The number of carbonyl (C=O) groups excluding carboxylic acids is 1. The summed E-state index contributed by atoms with van der Waals surface area (Å²) in [6.07, 6.45) is 13.2. The molecule has 0 unspecified atom stereocenters. The van der Waals surface area contributed by atoms with Crippen molar-refractivity contribution in [3.8, 4) is 0 Å². The summed E-state index contributed by atoms with van der Waals surface area (Å²) in [5.74, 6) is 2.72. The number of nitro benzene ring substituents is 2. The SMILES string of the molecule is CCCC1CCC(C2CCC(c3ccc(C(=O)c4cc([N+](=O)[O-])cc([N+](=O)[O-])c4)cc3)CC2)CC1. The summed E-state index contributed by atoms with van der Waals surface area (Å²) in [6.45, 7) is 2.29. The van der Waals surface area contributed by atoms with Crippen LogP contribution in [0.5, 0.6) is 0 Å². The van der Waals surface area contributed by atoms with Gasteiger partial charge in [-0.15, -0.1) is 0 Å². The molecule has 0 N–H and O–H groups in total. The average Bonchev–Trinajstić information content (AvgIpc) is 2.89. The fourth-order valence-corrected chi connectivity index (χ4v) is 6.29. The molecule has 0 atom stereocenters. The lowest BCUT2D eigenvalue weighted by atomic mass is 9.68. The number of nitrogens with zero attached hydrogens (tertiary/aromatic N) is 2. The largest absolute Gasteiger partial charge is 0.289 e. The number of nitro groups is 2. The molecule has 0 spiro atoms. The number of rotatable bonds is 8. The van der Waals surface area contributed by atoms with E-state index < -0.39 is 27.0 Å². The van der Waals surface area contributed by atoms with Crippen molar-refractivity contribution in [3.63, 3.8) is 0 Å². The van der Waals surface area contributed by atoms with E-state index in [9.17, 15) is 25.0 Å². The second-order valence-electron chi connectivity index (χ2n) is 10.4. The van der Waals surface area contributed by atoms with Gasteiger partial charge in [-0.1, -0.05) is 56.9 Å². The summed E-state index contributed by atoms with van der Waals surface area (Å²) in [5, 5.41) is 22.3. The van der Waals surface area contributed by atoms with Crippen LogP contribution in [-0.4, -0.2) is 15.6 Å². The number of non-ortho nitro benzene ring substituents is 2. The Bertz CT molecular complexity index is 1030. The molecule has 0 heterocycles. The highest BCUT2D eigenvalue weighted by Crippen LogP contribution is 2.44. The summed E-state index contributed by atoms with van der Waals surface area (Å²) in [7, 11) is 0. The highest BCUT2D eigenvalue weighted by Gasteiger charge is 2.31. The van der Waals surface area contributed by atoms with E-state index in [0.29, 0.717) is 11.5 Å². The molecule has 2 aliphatic rings. The van der Waals surface area contributed by atoms with E-state index in [-0.39, 0.29) is 5.56 Å². The Morgan fingerprint density at radius 1 is 0.771 bits per heavy atom. The first-order valence-corrected chi connectivity index (χ1v) is 12.9. The third kappa shape index (κ3) is 5.95. The van der Waals surface area contributed by atoms with Crippen molar-refractivity contribution in [3.05, 3.63) is 79.4 Å². The Balaban J connectivity index is 1.37. The first-order chi connectivity index (χ1) is 16.9. The number of carbonyl (C=O) groups is 1. The lowest BCUT2D eigenvalue weighted by Crippen LogP contribution is -2.25. The summed E-state index contributed by atoms with van der Waals surface area (Å²) < 4.78 is 0. The molecule has 186 valence electrons. The number of benzene rings is 2. The van der Waals surface area contributed by atoms with Gasteiger partial charge in [0.2, 0.25) is 0 Å². The molecule has 0 radical (unpaired) electrons. The van der Waals surface area contributed by atoms with Crippen LogP contribution in [0.2, 0.25) is 0 Å². The molecule has 2 fully saturated rings. The molecular weight excluding hydrogens is 444 g/mol. The fraction of sp³-hybridized carbons (Fsp3) is 0.536. The zero-order valence-electron chi connectivity index (χ0n) is 20.4. The Hall–Kier alpha value is -3.09. The van der Waals surface area contributed by atoms with Gasteiger partial charge in [-0.25, -0.2) is 0 Å². The quantitative estimate of drug-likeness (QED) is 0.220. The number of hydrogen-bond acceptors (Lipinski definition) is 5. The van der Waals surface area contributed by atoms with E-state index in [4.69, 9.17) is 0 Å². The smallest absolute Gasteiger partial charge is 0.277 e. The van der Waals surface area contributed by atoms with Crippen LogP contribution in [0, 0.1) is 38.0 Å². The zero-order valence-corrected chi connectivity index (χ0v) is 20.4. The lowest BCUT2D eigenvalue weighted by Gasteiger charge is -2.38. The maximum atomic E-state index is 12.9.